The maximum absolute atomic E-state index is 12.0. The van der Waals surface area contributed by atoms with E-state index >= 15 is 0 Å². The Bertz CT molecular complexity index is 474. The average Bonchev–Trinajstić information content (AvgIpc) is 2.97. The molecule has 1 aromatic heterocycles. The number of guanidine groups is 1. The van der Waals surface area contributed by atoms with Gasteiger partial charge >= 0.3 is 6.18 Å². The zero-order chi connectivity index (χ0) is 16.4. The van der Waals surface area contributed by atoms with E-state index in [1.54, 1.807) is 12.1 Å². The molecule has 1 aromatic rings. The number of hydrogen-bond donors (Lipinski definition) is 3. The molecule has 0 fully saturated rings. The van der Waals surface area contributed by atoms with Crippen LogP contribution in [0.2, 0.25) is 0 Å². The van der Waals surface area contributed by atoms with Crippen LogP contribution in [0.1, 0.15) is 22.5 Å². The summed E-state index contributed by atoms with van der Waals surface area (Å²) in [6.45, 7) is 0.748. The summed E-state index contributed by atoms with van der Waals surface area (Å²) in [6.07, 6.45) is -4.46. The summed E-state index contributed by atoms with van der Waals surface area (Å²) >= 11 is 1.37. The molecule has 0 atom stereocenters. The van der Waals surface area contributed by atoms with E-state index in [1.807, 2.05) is 5.38 Å². The predicted molar refractivity (Wildman–Crippen MR) is 81.3 cm³/mol. The van der Waals surface area contributed by atoms with Crippen LogP contribution in [0.3, 0.4) is 0 Å². The molecule has 0 unspecified atom stereocenters. The lowest BCUT2D eigenvalue weighted by Crippen LogP contribution is -2.40. The third-order valence-corrected chi connectivity index (χ3v) is 3.47. The van der Waals surface area contributed by atoms with Crippen molar-refractivity contribution >= 4 is 23.2 Å². The number of hydrogen-bond acceptors (Lipinski definition) is 3. The molecule has 1 amide bonds. The Morgan fingerprint density at radius 1 is 1.23 bits per heavy atom. The SMILES string of the molecule is CN=C(NCCCNC(=O)c1cccs1)NCCC(F)(F)F. The van der Waals surface area contributed by atoms with Crippen LogP contribution in [0.15, 0.2) is 22.5 Å². The number of aliphatic imine (C=N–C) groups is 1. The van der Waals surface area contributed by atoms with Crippen molar-refractivity contribution < 1.29 is 18.0 Å². The van der Waals surface area contributed by atoms with Gasteiger partial charge in [0.05, 0.1) is 11.3 Å². The minimum atomic E-state index is -4.18. The Hall–Kier alpha value is -1.77. The summed E-state index contributed by atoms with van der Waals surface area (Å²) in [7, 11) is 1.49. The largest absolute Gasteiger partial charge is 0.390 e. The van der Waals surface area contributed by atoms with Gasteiger partial charge in [-0.3, -0.25) is 9.79 Å². The highest BCUT2D eigenvalue weighted by atomic mass is 32.1. The zero-order valence-electron chi connectivity index (χ0n) is 12.2. The van der Waals surface area contributed by atoms with E-state index in [4.69, 9.17) is 0 Å². The van der Waals surface area contributed by atoms with Crippen LogP contribution in [0.4, 0.5) is 13.2 Å². The fourth-order valence-electron chi connectivity index (χ4n) is 1.54. The molecule has 1 heterocycles. The molecule has 1 rings (SSSR count). The van der Waals surface area contributed by atoms with Crippen molar-refractivity contribution in [1.82, 2.24) is 16.0 Å². The Kier molecular flexibility index (Phi) is 7.72. The van der Waals surface area contributed by atoms with Crippen molar-refractivity contribution in [3.8, 4) is 0 Å². The van der Waals surface area contributed by atoms with Crippen molar-refractivity contribution in [3.05, 3.63) is 22.4 Å². The van der Waals surface area contributed by atoms with Gasteiger partial charge in [0, 0.05) is 26.7 Å². The lowest BCUT2D eigenvalue weighted by Gasteiger charge is -2.13. The highest BCUT2D eigenvalue weighted by Gasteiger charge is 2.26. The van der Waals surface area contributed by atoms with Gasteiger partial charge < -0.3 is 16.0 Å². The van der Waals surface area contributed by atoms with E-state index < -0.39 is 12.6 Å². The molecule has 0 aliphatic rings. The summed E-state index contributed by atoms with van der Waals surface area (Å²) in [5, 5.41) is 10.1. The fraction of sp³-hybridized carbons (Fsp3) is 0.538. The summed E-state index contributed by atoms with van der Waals surface area (Å²) in [6, 6.07) is 3.54. The van der Waals surface area contributed by atoms with Crippen molar-refractivity contribution in [2.45, 2.75) is 19.0 Å². The molecule has 124 valence electrons. The number of halogens is 3. The summed E-state index contributed by atoms with van der Waals surface area (Å²) in [5.74, 6) is 0.191. The molecule has 9 heteroatoms. The average molecular weight is 336 g/mol. The third-order valence-electron chi connectivity index (χ3n) is 2.60. The summed E-state index contributed by atoms with van der Waals surface area (Å²) in [5.41, 5.74) is 0. The molecule has 0 radical (unpaired) electrons. The Balaban J connectivity index is 2.11. The highest BCUT2D eigenvalue weighted by Crippen LogP contribution is 2.17. The molecule has 5 nitrogen and oxygen atoms in total. The Labute approximate surface area is 131 Å². The quantitative estimate of drug-likeness (QED) is 0.405. The van der Waals surface area contributed by atoms with Crippen LogP contribution >= 0.6 is 11.3 Å². The summed E-state index contributed by atoms with van der Waals surface area (Å²) < 4.78 is 36.0. The summed E-state index contributed by atoms with van der Waals surface area (Å²) in [4.78, 5) is 16.1. The van der Waals surface area contributed by atoms with E-state index in [1.165, 1.54) is 18.4 Å². The molecule has 0 bridgehead atoms. The molecule has 0 aromatic carbocycles. The van der Waals surface area contributed by atoms with E-state index in [2.05, 4.69) is 20.9 Å². The number of amides is 1. The van der Waals surface area contributed by atoms with Gasteiger partial charge in [0.1, 0.15) is 0 Å². The molecule has 0 saturated carbocycles. The van der Waals surface area contributed by atoms with Crippen LogP contribution in [0.25, 0.3) is 0 Å². The van der Waals surface area contributed by atoms with Crippen LogP contribution in [0, 0.1) is 0 Å². The van der Waals surface area contributed by atoms with E-state index in [0.717, 1.165) is 0 Å². The van der Waals surface area contributed by atoms with Gasteiger partial charge in [0.2, 0.25) is 0 Å². The number of alkyl halides is 3. The smallest absolute Gasteiger partial charge is 0.356 e. The second kappa shape index (κ2) is 9.29. The molecule has 0 aliphatic carbocycles. The van der Waals surface area contributed by atoms with E-state index in [-0.39, 0.29) is 12.5 Å². The number of thiophene rings is 1. The standard InChI is InChI=1S/C13H19F3N4OS/c1-17-12(20-8-5-13(14,15)16)19-7-3-6-18-11(21)10-4-2-9-22-10/h2,4,9H,3,5-8H2,1H3,(H,18,21)(H2,17,19,20). The maximum Gasteiger partial charge on any atom is 0.390 e. The lowest BCUT2D eigenvalue weighted by molar-refractivity contribution is -0.132. The highest BCUT2D eigenvalue weighted by molar-refractivity contribution is 7.12. The topological polar surface area (TPSA) is 65.5 Å². The van der Waals surface area contributed by atoms with Crippen LogP contribution in [-0.2, 0) is 0 Å². The van der Waals surface area contributed by atoms with Crippen molar-refractivity contribution in [3.63, 3.8) is 0 Å². The first-order chi connectivity index (χ1) is 10.4. The molecular formula is C13H19F3N4OS. The maximum atomic E-state index is 12.0. The van der Waals surface area contributed by atoms with Crippen LogP contribution in [-0.4, -0.2) is 44.7 Å². The first kappa shape index (κ1) is 18.3. The van der Waals surface area contributed by atoms with Gasteiger partial charge in [-0.05, 0) is 17.9 Å². The number of nitrogens with zero attached hydrogens (tertiary/aromatic N) is 1. The van der Waals surface area contributed by atoms with Gasteiger partial charge in [0.25, 0.3) is 5.91 Å². The second-order valence-electron chi connectivity index (χ2n) is 4.38. The predicted octanol–water partition coefficient (Wildman–Crippen LogP) is 1.99. The van der Waals surface area contributed by atoms with Crippen molar-refractivity contribution in [2.24, 2.45) is 4.99 Å². The second-order valence-corrected chi connectivity index (χ2v) is 5.33. The van der Waals surface area contributed by atoms with E-state index in [9.17, 15) is 18.0 Å². The Morgan fingerprint density at radius 2 is 1.91 bits per heavy atom. The van der Waals surface area contributed by atoms with Gasteiger partial charge in [-0.1, -0.05) is 6.07 Å². The minimum absolute atomic E-state index is 0.123. The molecular weight excluding hydrogens is 317 g/mol. The fourth-order valence-corrected chi connectivity index (χ4v) is 2.18. The van der Waals surface area contributed by atoms with Crippen LogP contribution in [0.5, 0.6) is 0 Å². The first-order valence-corrected chi connectivity index (χ1v) is 7.63. The zero-order valence-corrected chi connectivity index (χ0v) is 13.0. The number of carbonyl (C=O) groups is 1. The van der Waals surface area contributed by atoms with Gasteiger partial charge in [-0.2, -0.15) is 13.2 Å². The number of rotatable bonds is 7. The molecule has 0 saturated heterocycles. The van der Waals surface area contributed by atoms with Gasteiger partial charge in [-0.25, -0.2) is 0 Å². The lowest BCUT2D eigenvalue weighted by atomic mass is 10.4. The normalized spacial score (nSPS) is 12.1. The molecule has 0 spiro atoms. The molecule has 0 aliphatic heterocycles. The number of carbonyl (C=O) groups excluding carboxylic acids is 1. The van der Waals surface area contributed by atoms with Crippen molar-refractivity contribution in [2.75, 3.05) is 26.7 Å². The van der Waals surface area contributed by atoms with Crippen LogP contribution < -0.4 is 16.0 Å². The van der Waals surface area contributed by atoms with E-state index in [0.29, 0.717) is 30.3 Å². The third kappa shape index (κ3) is 7.87. The first-order valence-electron chi connectivity index (χ1n) is 6.75. The Morgan fingerprint density at radius 3 is 2.50 bits per heavy atom. The van der Waals surface area contributed by atoms with Gasteiger partial charge in [0.15, 0.2) is 5.96 Å². The minimum Gasteiger partial charge on any atom is -0.356 e. The van der Waals surface area contributed by atoms with Crippen molar-refractivity contribution in [1.29, 1.82) is 0 Å². The van der Waals surface area contributed by atoms with Gasteiger partial charge in [-0.15, -0.1) is 11.3 Å². The molecule has 22 heavy (non-hydrogen) atoms. The molecule has 3 N–H and O–H groups in total. The monoisotopic (exact) mass is 336 g/mol. The number of nitrogens with one attached hydrogen (secondary N) is 3.